The molecule has 0 aliphatic rings. The molecule has 33 heavy (non-hydrogen) atoms. The topological polar surface area (TPSA) is 92.8 Å². The van der Waals surface area contributed by atoms with Crippen LogP contribution in [0.4, 0.5) is 5.69 Å². The van der Waals surface area contributed by atoms with E-state index in [1.54, 1.807) is 53.6 Å². The van der Waals surface area contributed by atoms with Crippen molar-refractivity contribution in [3.05, 3.63) is 96.5 Å². The van der Waals surface area contributed by atoms with Gasteiger partial charge in [-0.15, -0.1) is 0 Å². The minimum Gasteiger partial charge on any atom is -0.494 e. The second kappa shape index (κ2) is 10.1. The quantitative estimate of drug-likeness (QED) is 0.330. The lowest BCUT2D eigenvalue weighted by Crippen LogP contribution is -2.13. The molecule has 0 bridgehead atoms. The van der Waals surface area contributed by atoms with E-state index in [9.17, 15) is 10.1 Å². The smallest absolute Gasteiger partial charge is 0.266 e. The van der Waals surface area contributed by atoms with Crippen LogP contribution in [0.25, 0.3) is 23.0 Å². The van der Waals surface area contributed by atoms with Crippen molar-refractivity contribution in [1.82, 2.24) is 14.8 Å². The first kappa shape index (κ1) is 21.5. The highest BCUT2D eigenvalue weighted by Crippen LogP contribution is 2.26. The molecule has 1 N–H and O–H groups in total. The Hall–Kier alpha value is -4.70. The fourth-order valence-corrected chi connectivity index (χ4v) is 3.24. The maximum absolute atomic E-state index is 12.8. The van der Waals surface area contributed by atoms with E-state index in [0.717, 1.165) is 11.3 Å². The number of benzene rings is 2. The molecule has 162 valence electrons. The number of amides is 1. The van der Waals surface area contributed by atoms with E-state index in [-0.39, 0.29) is 5.57 Å². The summed E-state index contributed by atoms with van der Waals surface area (Å²) in [5, 5.41) is 17.2. The van der Waals surface area contributed by atoms with E-state index in [1.165, 1.54) is 0 Å². The Kier molecular flexibility index (Phi) is 6.57. The number of pyridine rings is 1. The van der Waals surface area contributed by atoms with Crippen molar-refractivity contribution in [2.75, 3.05) is 11.9 Å². The minimum absolute atomic E-state index is 0.0354. The van der Waals surface area contributed by atoms with Crippen molar-refractivity contribution in [1.29, 1.82) is 5.26 Å². The van der Waals surface area contributed by atoms with E-state index in [2.05, 4.69) is 10.3 Å². The van der Waals surface area contributed by atoms with Gasteiger partial charge in [0.15, 0.2) is 0 Å². The third-order valence-corrected chi connectivity index (χ3v) is 4.81. The van der Waals surface area contributed by atoms with Crippen LogP contribution < -0.4 is 10.1 Å². The molecule has 7 heteroatoms. The van der Waals surface area contributed by atoms with Crippen LogP contribution >= 0.6 is 0 Å². The number of carbonyl (C=O) groups is 1. The van der Waals surface area contributed by atoms with Gasteiger partial charge in [-0.2, -0.15) is 10.4 Å². The van der Waals surface area contributed by atoms with Gasteiger partial charge in [-0.3, -0.25) is 9.78 Å². The van der Waals surface area contributed by atoms with Crippen LogP contribution in [0.1, 0.15) is 12.5 Å². The Morgan fingerprint density at radius 1 is 1.09 bits per heavy atom. The van der Waals surface area contributed by atoms with E-state index >= 15 is 0 Å². The summed E-state index contributed by atoms with van der Waals surface area (Å²) in [6.45, 7) is 2.46. The van der Waals surface area contributed by atoms with Crippen molar-refractivity contribution in [3.8, 4) is 28.8 Å². The van der Waals surface area contributed by atoms with Crippen LogP contribution in [-0.2, 0) is 4.79 Å². The van der Waals surface area contributed by atoms with Crippen LogP contribution in [-0.4, -0.2) is 27.3 Å². The normalized spacial score (nSPS) is 11.0. The Balaban J connectivity index is 1.67. The summed E-state index contributed by atoms with van der Waals surface area (Å²) in [6, 6.07) is 22.3. The number of ether oxygens (including phenoxy) is 1. The highest BCUT2D eigenvalue weighted by atomic mass is 16.5. The van der Waals surface area contributed by atoms with Gasteiger partial charge in [-0.25, -0.2) is 4.68 Å². The zero-order valence-electron chi connectivity index (χ0n) is 18.0. The number of aromatic nitrogens is 3. The molecule has 0 saturated heterocycles. The van der Waals surface area contributed by atoms with Crippen LogP contribution in [0.3, 0.4) is 0 Å². The molecule has 7 nitrogen and oxygen atoms in total. The Morgan fingerprint density at radius 3 is 2.48 bits per heavy atom. The predicted molar refractivity (Wildman–Crippen MR) is 127 cm³/mol. The molecule has 1 amide bonds. The van der Waals surface area contributed by atoms with Crippen molar-refractivity contribution in [2.24, 2.45) is 0 Å². The van der Waals surface area contributed by atoms with Crippen LogP contribution in [0.5, 0.6) is 5.75 Å². The summed E-state index contributed by atoms with van der Waals surface area (Å²) in [5.74, 6) is 0.205. The number of para-hydroxylation sites is 1. The minimum atomic E-state index is -0.505. The highest BCUT2D eigenvalue weighted by Gasteiger charge is 2.15. The molecule has 0 saturated carbocycles. The Bertz CT molecular complexity index is 1300. The van der Waals surface area contributed by atoms with Gasteiger partial charge in [0, 0.05) is 35.4 Å². The average Bonchev–Trinajstić information content (AvgIpc) is 3.29. The first-order valence-electron chi connectivity index (χ1n) is 10.4. The van der Waals surface area contributed by atoms with Gasteiger partial charge in [-0.1, -0.05) is 18.2 Å². The summed E-state index contributed by atoms with van der Waals surface area (Å²) in [4.78, 5) is 16.9. The van der Waals surface area contributed by atoms with Crippen molar-refractivity contribution in [2.45, 2.75) is 6.92 Å². The summed E-state index contributed by atoms with van der Waals surface area (Å²) in [5.41, 5.74) is 3.51. The zero-order valence-corrected chi connectivity index (χ0v) is 18.0. The van der Waals surface area contributed by atoms with E-state index < -0.39 is 5.91 Å². The predicted octanol–water partition coefficient (Wildman–Crippen LogP) is 4.88. The molecule has 0 aliphatic carbocycles. The number of anilines is 1. The number of rotatable bonds is 7. The number of hydrogen-bond donors (Lipinski definition) is 1. The van der Waals surface area contributed by atoms with Gasteiger partial charge in [0.25, 0.3) is 5.91 Å². The summed E-state index contributed by atoms with van der Waals surface area (Å²) < 4.78 is 7.14. The molecule has 0 atom stereocenters. The number of nitrogens with zero attached hydrogens (tertiary/aromatic N) is 4. The van der Waals surface area contributed by atoms with Gasteiger partial charge in [0.05, 0.1) is 12.3 Å². The molecule has 0 radical (unpaired) electrons. The first-order chi connectivity index (χ1) is 16.2. The second-order valence-corrected chi connectivity index (χ2v) is 7.03. The molecule has 0 unspecified atom stereocenters. The van der Waals surface area contributed by atoms with E-state index in [0.29, 0.717) is 29.3 Å². The lowest BCUT2D eigenvalue weighted by Gasteiger charge is -2.06. The highest BCUT2D eigenvalue weighted by molar-refractivity contribution is 6.10. The number of carbonyl (C=O) groups excluding carboxylic acids is 1. The van der Waals surface area contributed by atoms with Gasteiger partial charge < -0.3 is 10.1 Å². The fourth-order valence-electron chi connectivity index (χ4n) is 3.24. The Labute approximate surface area is 191 Å². The van der Waals surface area contributed by atoms with Gasteiger partial charge in [0.2, 0.25) is 0 Å². The van der Waals surface area contributed by atoms with Crippen molar-refractivity contribution >= 4 is 17.7 Å². The molecule has 4 rings (SSSR count). The second-order valence-electron chi connectivity index (χ2n) is 7.03. The number of nitrogens with one attached hydrogen (secondary N) is 1. The molecule has 2 aromatic carbocycles. The molecule has 4 aromatic rings. The number of nitriles is 1. The summed E-state index contributed by atoms with van der Waals surface area (Å²) in [7, 11) is 0. The average molecular weight is 435 g/mol. The van der Waals surface area contributed by atoms with Gasteiger partial charge in [-0.05, 0) is 61.5 Å². The van der Waals surface area contributed by atoms with Gasteiger partial charge >= 0.3 is 0 Å². The summed E-state index contributed by atoms with van der Waals surface area (Å²) in [6.07, 6.45) is 6.70. The molecule has 0 fully saturated rings. The van der Waals surface area contributed by atoms with Crippen LogP contribution in [0.2, 0.25) is 0 Å². The summed E-state index contributed by atoms with van der Waals surface area (Å²) >= 11 is 0. The first-order valence-corrected chi connectivity index (χ1v) is 10.4. The zero-order chi connectivity index (χ0) is 23.0. The van der Waals surface area contributed by atoms with Crippen LogP contribution in [0.15, 0.2) is 90.9 Å². The molecule has 2 aromatic heterocycles. The number of hydrogen-bond acceptors (Lipinski definition) is 5. The van der Waals surface area contributed by atoms with E-state index in [1.807, 2.05) is 55.5 Å². The molecule has 0 spiro atoms. The molecule has 2 heterocycles. The molecular weight excluding hydrogens is 414 g/mol. The SMILES string of the molecule is CCOc1ccc(NC(=O)C(C#N)=Cc2cn(-c3ccccc3)nc2-c2ccncc2)cc1. The third-order valence-electron chi connectivity index (χ3n) is 4.81. The van der Waals surface area contributed by atoms with Crippen LogP contribution in [0, 0.1) is 11.3 Å². The van der Waals surface area contributed by atoms with E-state index in [4.69, 9.17) is 9.84 Å². The molecular formula is C26H21N5O2. The monoisotopic (exact) mass is 435 g/mol. The Morgan fingerprint density at radius 2 is 1.82 bits per heavy atom. The maximum atomic E-state index is 12.8. The lowest BCUT2D eigenvalue weighted by molar-refractivity contribution is -0.112. The standard InChI is InChI=1S/C26H21N5O2/c1-2-33-24-10-8-22(9-11-24)29-26(32)20(17-27)16-21-18-31(23-6-4-3-5-7-23)30-25(21)19-12-14-28-15-13-19/h3-16,18H,2H2,1H3,(H,29,32). The molecule has 0 aliphatic heterocycles. The largest absolute Gasteiger partial charge is 0.494 e. The van der Waals surface area contributed by atoms with Crippen molar-refractivity contribution < 1.29 is 9.53 Å². The third kappa shape index (κ3) is 5.14. The van der Waals surface area contributed by atoms with Gasteiger partial charge in [0.1, 0.15) is 23.1 Å². The van der Waals surface area contributed by atoms with Crippen molar-refractivity contribution in [3.63, 3.8) is 0 Å². The maximum Gasteiger partial charge on any atom is 0.266 e. The fraction of sp³-hybridized carbons (Fsp3) is 0.0769. The lowest BCUT2D eigenvalue weighted by atomic mass is 10.1.